The average molecular weight is 158 g/mol. The molecule has 0 aromatic rings. The molecule has 10 heavy (non-hydrogen) atoms. The number of allylic oxidation sites excluding steroid dienone is 2. The van der Waals surface area contributed by atoms with Gasteiger partial charge in [0.1, 0.15) is 0 Å². The molecule has 0 rings (SSSR count). The SMILES string of the molecule is C/C=C/CCCCSCC. The van der Waals surface area contributed by atoms with Crippen molar-refractivity contribution in [2.45, 2.75) is 33.1 Å². The molecule has 0 N–H and O–H groups in total. The zero-order valence-corrected chi connectivity index (χ0v) is 7.91. The van der Waals surface area contributed by atoms with E-state index in [-0.39, 0.29) is 0 Å². The van der Waals surface area contributed by atoms with Crippen molar-refractivity contribution in [3.63, 3.8) is 0 Å². The van der Waals surface area contributed by atoms with Gasteiger partial charge in [0.2, 0.25) is 0 Å². The van der Waals surface area contributed by atoms with Crippen LogP contribution in [0.15, 0.2) is 12.2 Å². The van der Waals surface area contributed by atoms with E-state index in [1.807, 2.05) is 11.8 Å². The molecule has 0 aliphatic carbocycles. The van der Waals surface area contributed by atoms with Gasteiger partial charge in [-0.2, -0.15) is 11.8 Å². The normalized spacial score (nSPS) is 11.0. The molecule has 0 aliphatic heterocycles. The van der Waals surface area contributed by atoms with Gasteiger partial charge in [0, 0.05) is 0 Å². The lowest BCUT2D eigenvalue weighted by Crippen LogP contribution is -1.79. The fourth-order valence-electron chi connectivity index (χ4n) is 0.777. The van der Waals surface area contributed by atoms with Gasteiger partial charge in [0.15, 0.2) is 0 Å². The monoisotopic (exact) mass is 158 g/mol. The van der Waals surface area contributed by atoms with Crippen LogP contribution in [-0.4, -0.2) is 11.5 Å². The molecule has 0 heterocycles. The molecule has 0 fully saturated rings. The molecule has 0 saturated heterocycles. The fraction of sp³-hybridized carbons (Fsp3) is 0.778. The zero-order valence-electron chi connectivity index (χ0n) is 7.10. The van der Waals surface area contributed by atoms with Crippen molar-refractivity contribution in [3.8, 4) is 0 Å². The first-order valence-electron chi connectivity index (χ1n) is 4.10. The highest BCUT2D eigenvalue weighted by Crippen LogP contribution is 2.05. The molecule has 0 aliphatic rings. The minimum absolute atomic E-state index is 1.26. The third kappa shape index (κ3) is 8.09. The smallest absolute Gasteiger partial charge is 0.00675 e. The molecule has 60 valence electrons. The zero-order chi connectivity index (χ0) is 7.66. The summed E-state index contributed by atoms with van der Waals surface area (Å²) in [5, 5.41) is 0. The molecule has 0 aromatic heterocycles. The Morgan fingerprint density at radius 2 is 2.10 bits per heavy atom. The first-order valence-corrected chi connectivity index (χ1v) is 5.26. The minimum Gasteiger partial charge on any atom is -0.162 e. The van der Waals surface area contributed by atoms with E-state index < -0.39 is 0 Å². The maximum atomic E-state index is 2.25. The van der Waals surface area contributed by atoms with Crippen LogP contribution in [-0.2, 0) is 0 Å². The third-order valence-electron chi connectivity index (χ3n) is 1.35. The molecule has 0 amide bonds. The van der Waals surface area contributed by atoms with Crippen molar-refractivity contribution >= 4 is 11.8 Å². The van der Waals surface area contributed by atoms with Crippen LogP contribution in [0.25, 0.3) is 0 Å². The van der Waals surface area contributed by atoms with Crippen LogP contribution < -0.4 is 0 Å². The summed E-state index contributed by atoms with van der Waals surface area (Å²) in [5.41, 5.74) is 0. The molecule has 0 atom stereocenters. The molecule has 1 heteroatoms. The molecule has 0 saturated carbocycles. The van der Waals surface area contributed by atoms with Gasteiger partial charge in [0.05, 0.1) is 0 Å². The number of hydrogen-bond donors (Lipinski definition) is 0. The average Bonchev–Trinajstić information content (AvgIpc) is 1.97. The number of thioether (sulfide) groups is 1. The van der Waals surface area contributed by atoms with Gasteiger partial charge in [-0.05, 0) is 37.7 Å². The van der Waals surface area contributed by atoms with Gasteiger partial charge in [-0.25, -0.2) is 0 Å². The van der Waals surface area contributed by atoms with Crippen LogP contribution in [0.3, 0.4) is 0 Å². The first kappa shape index (κ1) is 10.1. The topological polar surface area (TPSA) is 0 Å². The summed E-state index contributed by atoms with van der Waals surface area (Å²) in [6.45, 7) is 4.30. The van der Waals surface area contributed by atoms with Crippen LogP contribution in [0.5, 0.6) is 0 Å². The second-order valence-electron chi connectivity index (χ2n) is 2.26. The van der Waals surface area contributed by atoms with E-state index in [9.17, 15) is 0 Å². The van der Waals surface area contributed by atoms with E-state index in [1.165, 1.54) is 30.8 Å². The van der Waals surface area contributed by atoms with Gasteiger partial charge >= 0.3 is 0 Å². The summed E-state index contributed by atoms with van der Waals surface area (Å²) < 4.78 is 0. The first-order chi connectivity index (χ1) is 4.91. The van der Waals surface area contributed by atoms with Crippen molar-refractivity contribution in [3.05, 3.63) is 12.2 Å². The Kier molecular flexibility index (Phi) is 9.17. The van der Waals surface area contributed by atoms with Crippen LogP contribution in [0.1, 0.15) is 33.1 Å². The van der Waals surface area contributed by atoms with Gasteiger partial charge in [0.25, 0.3) is 0 Å². The quantitative estimate of drug-likeness (QED) is 0.421. The van der Waals surface area contributed by atoms with Crippen molar-refractivity contribution in [1.29, 1.82) is 0 Å². The number of unbranched alkanes of at least 4 members (excludes halogenated alkanes) is 2. The molecule has 0 spiro atoms. The maximum Gasteiger partial charge on any atom is -0.00675 e. The van der Waals surface area contributed by atoms with Crippen molar-refractivity contribution in [2.24, 2.45) is 0 Å². The Balaban J connectivity index is 2.77. The van der Waals surface area contributed by atoms with Crippen molar-refractivity contribution < 1.29 is 0 Å². The van der Waals surface area contributed by atoms with Gasteiger partial charge in [-0.15, -0.1) is 0 Å². The highest BCUT2D eigenvalue weighted by atomic mass is 32.2. The highest BCUT2D eigenvalue weighted by molar-refractivity contribution is 7.99. The Morgan fingerprint density at radius 3 is 2.70 bits per heavy atom. The lowest BCUT2D eigenvalue weighted by molar-refractivity contribution is 0.822. The van der Waals surface area contributed by atoms with E-state index in [4.69, 9.17) is 0 Å². The summed E-state index contributed by atoms with van der Waals surface area (Å²) in [5.74, 6) is 2.61. The van der Waals surface area contributed by atoms with E-state index in [0.29, 0.717) is 0 Å². The molecule has 0 radical (unpaired) electrons. The summed E-state index contributed by atoms with van der Waals surface area (Å²) in [4.78, 5) is 0. The molecular formula is C9H18S. The van der Waals surface area contributed by atoms with E-state index in [2.05, 4.69) is 26.0 Å². The van der Waals surface area contributed by atoms with Crippen molar-refractivity contribution in [2.75, 3.05) is 11.5 Å². The Hall–Kier alpha value is 0.0900. The largest absolute Gasteiger partial charge is 0.162 e. The summed E-state index contributed by atoms with van der Waals surface area (Å²) in [6, 6.07) is 0. The second-order valence-corrected chi connectivity index (χ2v) is 3.66. The van der Waals surface area contributed by atoms with E-state index in [0.717, 1.165) is 0 Å². The van der Waals surface area contributed by atoms with Crippen LogP contribution in [0.2, 0.25) is 0 Å². The Bertz CT molecular complexity index is 76.8. The van der Waals surface area contributed by atoms with E-state index in [1.54, 1.807) is 0 Å². The Morgan fingerprint density at radius 1 is 1.30 bits per heavy atom. The van der Waals surface area contributed by atoms with Gasteiger partial charge in [-0.1, -0.05) is 19.1 Å². The van der Waals surface area contributed by atoms with Gasteiger partial charge in [-0.3, -0.25) is 0 Å². The van der Waals surface area contributed by atoms with Crippen LogP contribution >= 0.6 is 11.8 Å². The minimum atomic E-state index is 1.26. The number of rotatable bonds is 6. The second kappa shape index (κ2) is 9.09. The third-order valence-corrected chi connectivity index (χ3v) is 2.33. The summed E-state index contributed by atoms with van der Waals surface area (Å²) in [6.07, 6.45) is 8.38. The summed E-state index contributed by atoms with van der Waals surface area (Å²) >= 11 is 2.04. The molecule has 0 unspecified atom stereocenters. The van der Waals surface area contributed by atoms with E-state index >= 15 is 0 Å². The van der Waals surface area contributed by atoms with Crippen LogP contribution in [0, 0.1) is 0 Å². The molecule has 0 nitrogen and oxygen atoms in total. The molecule has 0 aromatic carbocycles. The molecule has 0 bridgehead atoms. The Labute approximate surface area is 69.1 Å². The predicted octanol–water partition coefficient (Wildman–Crippen LogP) is 3.49. The number of hydrogen-bond acceptors (Lipinski definition) is 1. The summed E-state index contributed by atoms with van der Waals surface area (Å²) in [7, 11) is 0. The van der Waals surface area contributed by atoms with Crippen LogP contribution in [0.4, 0.5) is 0 Å². The van der Waals surface area contributed by atoms with Crippen molar-refractivity contribution in [1.82, 2.24) is 0 Å². The predicted molar refractivity (Wildman–Crippen MR) is 51.7 cm³/mol. The molecular weight excluding hydrogens is 140 g/mol. The van der Waals surface area contributed by atoms with Gasteiger partial charge < -0.3 is 0 Å². The maximum absolute atomic E-state index is 2.25. The fourth-order valence-corrected chi connectivity index (χ4v) is 1.47. The standard InChI is InChI=1S/C9H18S/c1-3-5-6-7-8-9-10-4-2/h3,5H,4,6-9H2,1-2H3/b5-3+. The lowest BCUT2D eigenvalue weighted by Gasteiger charge is -1.95. The lowest BCUT2D eigenvalue weighted by atomic mass is 10.2. The highest BCUT2D eigenvalue weighted by Gasteiger charge is 1.84.